The molecule has 7 heteroatoms. The van der Waals surface area contributed by atoms with Crippen molar-refractivity contribution in [1.82, 2.24) is 5.32 Å². The Bertz CT molecular complexity index is 1040. The topological polar surface area (TPSA) is 88.7 Å². The predicted molar refractivity (Wildman–Crippen MR) is 130 cm³/mol. The molecule has 0 unspecified atom stereocenters. The molecular weight excluding hydrogens is 418 g/mol. The highest BCUT2D eigenvalue weighted by Gasteiger charge is 2.08. The number of hydrogen-bond donors (Lipinski definition) is 3. The molecule has 0 aliphatic heterocycles. The number of methoxy groups -OCH3 is 1. The smallest absolute Gasteiger partial charge is 0.251 e. The molecule has 0 aromatic heterocycles. The Balaban J connectivity index is 1.47. The van der Waals surface area contributed by atoms with Crippen molar-refractivity contribution in [3.63, 3.8) is 0 Å². The number of anilines is 2. The third-order valence-electron chi connectivity index (χ3n) is 4.75. The van der Waals surface area contributed by atoms with Gasteiger partial charge in [-0.1, -0.05) is 42.5 Å². The molecule has 172 valence electrons. The molecule has 3 rings (SSSR count). The Hall–Kier alpha value is -3.84. The van der Waals surface area contributed by atoms with E-state index in [0.717, 1.165) is 17.7 Å². The first-order valence-electron chi connectivity index (χ1n) is 10.8. The molecule has 3 aromatic carbocycles. The summed E-state index contributed by atoms with van der Waals surface area (Å²) in [6.45, 7) is 1.67. The lowest BCUT2D eigenvalue weighted by molar-refractivity contribution is -0.114. The van der Waals surface area contributed by atoms with Gasteiger partial charge in [0.15, 0.2) is 0 Å². The largest absolute Gasteiger partial charge is 0.489 e. The van der Waals surface area contributed by atoms with Crippen molar-refractivity contribution in [2.45, 2.75) is 13.0 Å². The molecule has 2 amide bonds. The normalized spacial score (nSPS) is 10.3. The molecule has 0 saturated heterocycles. The number of carbonyl (C=O) groups excluding carboxylic acids is 2. The van der Waals surface area contributed by atoms with Crippen molar-refractivity contribution in [2.24, 2.45) is 0 Å². The second kappa shape index (κ2) is 12.9. The zero-order valence-electron chi connectivity index (χ0n) is 18.7. The zero-order chi connectivity index (χ0) is 23.3. The van der Waals surface area contributed by atoms with Crippen LogP contribution in [-0.4, -0.2) is 38.6 Å². The second-order valence-corrected chi connectivity index (χ2v) is 7.39. The molecule has 0 atom stereocenters. The minimum absolute atomic E-state index is 0.0789. The average molecular weight is 448 g/mol. The van der Waals surface area contributed by atoms with Gasteiger partial charge in [-0.2, -0.15) is 0 Å². The first-order chi connectivity index (χ1) is 16.1. The van der Waals surface area contributed by atoms with E-state index in [1.165, 1.54) is 0 Å². The van der Waals surface area contributed by atoms with Gasteiger partial charge in [0.1, 0.15) is 12.4 Å². The molecule has 3 aromatic rings. The summed E-state index contributed by atoms with van der Waals surface area (Å²) in [6.07, 6.45) is 0.739. The molecule has 0 aliphatic carbocycles. The molecule has 0 bridgehead atoms. The van der Waals surface area contributed by atoms with Gasteiger partial charge in [0.25, 0.3) is 5.91 Å². The molecule has 0 saturated carbocycles. The Morgan fingerprint density at radius 3 is 2.48 bits per heavy atom. The molecule has 33 heavy (non-hydrogen) atoms. The molecule has 3 N–H and O–H groups in total. The van der Waals surface area contributed by atoms with Gasteiger partial charge in [0.05, 0.1) is 6.54 Å². The molecule has 0 aliphatic rings. The number of carbonyl (C=O) groups is 2. The summed E-state index contributed by atoms with van der Waals surface area (Å²) in [7, 11) is 1.62. The van der Waals surface area contributed by atoms with E-state index >= 15 is 0 Å². The highest BCUT2D eigenvalue weighted by Crippen LogP contribution is 2.18. The van der Waals surface area contributed by atoms with Gasteiger partial charge in [0.2, 0.25) is 5.91 Å². The SMILES string of the molecule is COCCCNC(=O)c1cccc(NC(=O)CNc2cccc(OCc3ccccc3)c2)c1. The summed E-state index contributed by atoms with van der Waals surface area (Å²) < 4.78 is 10.8. The minimum Gasteiger partial charge on any atom is -0.489 e. The maximum absolute atomic E-state index is 12.4. The number of rotatable bonds is 12. The maximum atomic E-state index is 12.4. The van der Waals surface area contributed by atoms with Crippen LogP contribution in [0, 0.1) is 0 Å². The van der Waals surface area contributed by atoms with Crippen molar-refractivity contribution in [2.75, 3.05) is 37.4 Å². The number of ether oxygens (including phenoxy) is 2. The third-order valence-corrected chi connectivity index (χ3v) is 4.75. The summed E-state index contributed by atoms with van der Waals surface area (Å²) in [6, 6.07) is 24.2. The molecule has 0 spiro atoms. The Morgan fingerprint density at radius 1 is 0.879 bits per heavy atom. The summed E-state index contributed by atoms with van der Waals surface area (Å²) in [4.78, 5) is 24.6. The number of hydrogen-bond acceptors (Lipinski definition) is 5. The molecular formula is C26H29N3O4. The van der Waals surface area contributed by atoms with E-state index < -0.39 is 0 Å². The van der Waals surface area contributed by atoms with E-state index in [2.05, 4.69) is 16.0 Å². The quantitative estimate of drug-likeness (QED) is 0.364. The van der Waals surface area contributed by atoms with E-state index in [9.17, 15) is 9.59 Å². The first kappa shape index (κ1) is 23.8. The van der Waals surface area contributed by atoms with Gasteiger partial charge in [-0.3, -0.25) is 9.59 Å². The predicted octanol–water partition coefficient (Wildman–Crippen LogP) is 4.08. The van der Waals surface area contributed by atoms with Crippen LogP contribution in [-0.2, 0) is 16.1 Å². The highest BCUT2D eigenvalue weighted by molar-refractivity contribution is 5.98. The van der Waals surface area contributed by atoms with E-state index in [1.54, 1.807) is 31.4 Å². The van der Waals surface area contributed by atoms with Crippen LogP contribution in [0.2, 0.25) is 0 Å². The van der Waals surface area contributed by atoms with Gasteiger partial charge < -0.3 is 25.4 Å². The van der Waals surface area contributed by atoms with Crippen LogP contribution in [0.4, 0.5) is 11.4 Å². The van der Waals surface area contributed by atoms with Crippen molar-refractivity contribution < 1.29 is 19.1 Å². The van der Waals surface area contributed by atoms with Gasteiger partial charge >= 0.3 is 0 Å². The van der Waals surface area contributed by atoms with Crippen molar-refractivity contribution in [3.8, 4) is 5.75 Å². The fourth-order valence-corrected chi connectivity index (χ4v) is 3.08. The lowest BCUT2D eigenvalue weighted by Gasteiger charge is -2.11. The fourth-order valence-electron chi connectivity index (χ4n) is 3.08. The Kier molecular flexibility index (Phi) is 9.29. The van der Waals surface area contributed by atoms with E-state index in [4.69, 9.17) is 9.47 Å². The summed E-state index contributed by atoms with van der Waals surface area (Å²) in [5.74, 6) is 0.310. The van der Waals surface area contributed by atoms with Crippen molar-refractivity contribution in [1.29, 1.82) is 0 Å². The Labute approximate surface area is 194 Å². The van der Waals surface area contributed by atoms with Crippen molar-refractivity contribution in [3.05, 3.63) is 90.0 Å². The summed E-state index contributed by atoms with van der Waals surface area (Å²) >= 11 is 0. The zero-order valence-corrected chi connectivity index (χ0v) is 18.7. The summed E-state index contributed by atoms with van der Waals surface area (Å²) in [5.41, 5.74) is 2.91. The van der Waals surface area contributed by atoms with Gasteiger partial charge in [-0.05, 0) is 42.3 Å². The van der Waals surface area contributed by atoms with Crippen LogP contribution >= 0.6 is 0 Å². The van der Waals surface area contributed by atoms with Gasteiger partial charge in [-0.25, -0.2) is 0 Å². The number of nitrogens with one attached hydrogen (secondary N) is 3. The van der Waals surface area contributed by atoms with E-state index in [-0.39, 0.29) is 18.4 Å². The van der Waals surface area contributed by atoms with Crippen LogP contribution in [0.15, 0.2) is 78.9 Å². The standard InChI is InChI=1S/C26H29N3O4/c1-32-15-7-14-27-26(31)21-10-5-12-23(16-21)29-25(30)18-28-22-11-6-13-24(17-22)33-19-20-8-3-2-4-9-20/h2-6,8-13,16-17,28H,7,14-15,18-19H2,1H3,(H,27,31)(H,29,30). The average Bonchev–Trinajstić information content (AvgIpc) is 2.85. The second-order valence-electron chi connectivity index (χ2n) is 7.39. The van der Waals surface area contributed by atoms with Crippen LogP contribution < -0.4 is 20.7 Å². The summed E-state index contributed by atoms with van der Waals surface area (Å²) in [5, 5.41) is 8.74. The van der Waals surface area contributed by atoms with Crippen LogP contribution in [0.3, 0.4) is 0 Å². The molecule has 7 nitrogen and oxygen atoms in total. The van der Waals surface area contributed by atoms with Crippen LogP contribution in [0.25, 0.3) is 0 Å². The fraction of sp³-hybridized carbons (Fsp3) is 0.231. The first-order valence-corrected chi connectivity index (χ1v) is 10.8. The molecule has 0 heterocycles. The number of benzene rings is 3. The lowest BCUT2D eigenvalue weighted by Crippen LogP contribution is -2.25. The highest BCUT2D eigenvalue weighted by atomic mass is 16.5. The van der Waals surface area contributed by atoms with E-state index in [1.807, 2.05) is 54.6 Å². The third kappa shape index (κ3) is 8.31. The monoisotopic (exact) mass is 447 g/mol. The van der Waals surface area contributed by atoms with Gasteiger partial charge in [-0.15, -0.1) is 0 Å². The van der Waals surface area contributed by atoms with E-state index in [0.29, 0.717) is 36.8 Å². The van der Waals surface area contributed by atoms with Crippen LogP contribution in [0.1, 0.15) is 22.3 Å². The minimum atomic E-state index is -0.219. The molecule has 0 fully saturated rings. The van der Waals surface area contributed by atoms with Crippen molar-refractivity contribution >= 4 is 23.2 Å². The molecule has 0 radical (unpaired) electrons. The number of amides is 2. The van der Waals surface area contributed by atoms with Crippen LogP contribution in [0.5, 0.6) is 5.75 Å². The van der Waals surface area contributed by atoms with Gasteiger partial charge in [0, 0.05) is 43.3 Å². The maximum Gasteiger partial charge on any atom is 0.251 e. The Morgan fingerprint density at radius 2 is 1.67 bits per heavy atom. The lowest BCUT2D eigenvalue weighted by atomic mass is 10.2.